The van der Waals surface area contributed by atoms with Crippen molar-refractivity contribution in [2.45, 2.75) is 32.7 Å². The van der Waals surface area contributed by atoms with E-state index in [-0.39, 0.29) is 17.5 Å². The number of carbonyl (C=O) groups is 1. The predicted molar refractivity (Wildman–Crippen MR) is 76.7 cm³/mol. The number of aromatic nitrogens is 2. The minimum atomic E-state index is -0.467. The van der Waals surface area contributed by atoms with E-state index in [2.05, 4.69) is 9.72 Å². The molecule has 5 heteroatoms. The van der Waals surface area contributed by atoms with Gasteiger partial charge in [-0.15, -0.1) is 0 Å². The second-order valence-electron chi connectivity index (χ2n) is 5.69. The first-order valence-electron chi connectivity index (χ1n) is 6.40. The largest absolute Gasteiger partial charge is 0.468 e. The van der Waals surface area contributed by atoms with Crippen LogP contribution in [0.15, 0.2) is 29.2 Å². The zero-order valence-corrected chi connectivity index (χ0v) is 12.1. The van der Waals surface area contributed by atoms with Gasteiger partial charge in [0.25, 0.3) is 5.56 Å². The Labute approximate surface area is 117 Å². The second-order valence-corrected chi connectivity index (χ2v) is 5.69. The first-order chi connectivity index (χ1) is 9.34. The van der Waals surface area contributed by atoms with E-state index in [0.29, 0.717) is 11.2 Å². The van der Waals surface area contributed by atoms with Gasteiger partial charge >= 0.3 is 5.97 Å². The number of esters is 1. The number of rotatable bonds is 2. The first kappa shape index (κ1) is 14.2. The summed E-state index contributed by atoms with van der Waals surface area (Å²) >= 11 is 0. The van der Waals surface area contributed by atoms with Crippen LogP contribution in [0.5, 0.6) is 0 Å². The number of pyridine rings is 2. The highest BCUT2D eigenvalue weighted by molar-refractivity contribution is 5.78. The van der Waals surface area contributed by atoms with Crippen molar-refractivity contribution in [3.8, 4) is 0 Å². The molecule has 0 aliphatic rings. The summed E-state index contributed by atoms with van der Waals surface area (Å²) in [5.41, 5.74) is 0.644. The van der Waals surface area contributed by atoms with Gasteiger partial charge in [0.2, 0.25) is 0 Å². The van der Waals surface area contributed by atoms with E-state index >= 15 is 0 Å². The van der Waals surface area contributed by atoms with Crippen LogP contribution in [0.2, 0.25) is 0 Å². The molecule has 0 fully saturated rings. The molecular formula is C15H18N2O3. The Bertz CT molecular complexity index is 711. The lowest BCUT2D eigenvalue weighted by Crippen LogP contribution is -2.33. The molecule has 0 unspecified atom stereocenters. The fraction of sp³-hybridized carbons (Fsp3) is 0.400. The summed E-state index contributed by atoms with van der Waals surface area (Å²) in [6, 6.07) is 5.53. The number of hydrogen-bond donors (Lipinski definition) is 0. The molecule has 0 aliphatic carbocycles. The van der Waals surface area contributed by atoms with Crippen molar-refractivity contribution in [2.75, 3.05) is 7.11 Å². The zero-order valence-electron chi connectivity index (χ0n) is 12.1. The highest BCUT2D eigenvalue weighted by Crippen LogP contribution is 2.22. The smallest absolute Gasteiger partial charge is 0.325 e. The van der Waals surface area contributed by atoms with Crippen molar-refractivity contribution in [1.82, 2.24) is 9.55 Å². The minimum absolute atomic E-state index is 0.132. The van der Waals surface area contributed by atoms with Crippen LogP contribution in [-0.2, 0) is 21.5 Å². The third-order valence-electron chi connectivity index (χ3n) is 3.17. The highest BCUT2D eigenvalue weighted by Gasteiger charge is 2.22. The predicted octanol–water partition coefficient (Wildman–Crippen LogP) is 1.87. The molecule has 0 atom stereocenters. The molecule has 0 aliphatic heterocycles. The quantitative estimate of drug-likeness (QED) is 0.784. The molecule has 0 bridgehead atoms. The lowest BCUT2D eigenvalue weighted by Gasteiger charge is -2.20. The Balaban J connectivity index is 2.78. The van der Waals surface area contributed by atoms with Crippen LogP contribution >= 0.6 is 0 Å². The number of carbonyl (C=O) groups excluding carboxylic acids is 1. The van der Waals surface area contributed by atoms with Crippen LogP contribution in [0.3, 0.4) is 0 Å². The molecule has 0 saturated heterocycles. The van der Waals surface area contributed by atoms with Gasteiger partial charge in [0.1, 0.15) is 12.2 Å². The highest BCUT2D eigenvalue weighted by atomic mass is 16.5. The molecule has 2 rings (SSSR count). The van der Waals surface area contributed by atoms with Gasteiger partial charge in [-0.05, 0) is 23.6 Å². The monoisotopic (exact) mass is 274 g/mol. The van der Waals surface area contributed by atoms with Gasteiger partial charge in [-0.25, -0.2) is 4.98 Å². The molecule has 0 amide bonds. The van der Waals surface area contributed by atoms with Crippen molar-refractivity contribution in [3.63, 3.8) is 0 Å². The van der Waals surface area contributed by atoms with Gasteiger partial charge in [-0.3, -0.25) is 14.2 Å². The van der Waals surface area contributed by atoms with Crippen LogP contribution in [0.4, 0.5) is 0 Å². The lowest BCUT2D eigenvalue weighted by molar-refractivity contribution is -0.141. The molecule has 0 saturated carbocycles. The van der Waals surface area contributed by atoms with Crippen LogP contribution in [-0.4, -0.2) is 22.6 Å². The summed E-state index contributed by atoms with van der Waals surface area (Å²) in [5, 5.41) is 0.834. The van der Waals surface area contributed by atoms with Gasteiger partial charge in [0, 0.05) is 17.1 Å². The molecular weight excluding hydrogens is 256 g/mol. The third-order valence-corrected chi connectivity index (χ3v) is 3.17. The Kier molecular flexibility index (Phi) is 3.61. The average molecular weight is 274 g/mol. The average Bonchev–Trinajstić information content (AvgIpc) is 2.40. The summed E-state index contributed by atoms with van der Waals surface area (Å²) < 4.78 is 6.03. The molecule has 0 radical (unpaired) electrons. The summed E-state index contributed by atoms with van der Waals surface area (Å²) in [7, 11) is 1.30. The first-order valence-corrected chi connectivity index (χ1v) is 6.40. The standard InChI is InChI=1S/C15H18N2O3/c1-15(2,3)11-8-10-6-5-7-16-13(10)17(14(11)19)9-12(18)20-4/h5-8H,9H2,1-4H3. The van der Waals surface area contributed by atoms with Crippen LogP contribution < -0.4 is 5.56 Å². The van der Waals surface area contributed by atoms with Gasteiger partial charge in [0.15, 0.2) is 0 Å². The van der Waals surface area contributed by atoms with E-state index in [4.69, 9.17) is 0 Å². The molecule has 2 heterocycles. The van der Waals surface area contributed by atoms with E-state index < -0.39 is 5.97 Å². The number of methoxy groups -OCH3 is 1. The summed E-state index contributed by atoms with van der Waals surface area (Å²) in [5.74, 6) is -0.467. The number of fused-ring (bicyclic) bond motifs is 1. The van der Waals surface area contributed by atoms with Gasteiger partial charge < -0.3 is 4.74 Å². The van der Waals surface area contributed by atoms with Gasteiger partial charge in [-0.1, -0.05) is 20.8 Å². The second kappa shape index (κ2) is 5.07. The van der Waals surface area contributed by atoms with E-state index in [1.807, 2.05) is 39.0 Å². The number of hydrogen-bond acceptors (Lipinski definition) is 4. The van der Waals surface area contributed by atoms with E-state index in [1.54, 1.807) is 6.20 Å². The van der Waals surface area contributed by atoms with Gasteiger partial charge in [0.05, 0.1) is 7.11 Å². The lowest BCUT2D eigenvalue weighted by atomic mass is 9.87. The number of ether oxygens (including phenoxy) is 1. The van der Waals surface area contributed by atoms with Crippen LogP contribution in [0.1, 0.15) is 26.3 Å². The summed E-state index contributed by atoms with van der Waals surface area (Å²) in [4.78, 5) is 28.3. The summed E-state index contributed by atoms with van der Waals surface area (Å²) in [6.45, 7) is 5.77. The van der Waals surface area contributed by atoms with Crippen molar-refractivity contribution >= 4 is 17.0 Å². The van der Waals surface area contributed by atoms with Crippen molar-refractivity contribution < 1.29 is 9.53 Å². The Morgan fingerprint density at radius 2 is 2.10 bits per heavy atom. The molecule has 0 spiro atoms. The molecule has 5 nitrogen and oxygen atoms in total. The molecule has 2 aromatic rings. The molecule has 106 valence electrons. The fourth-order valence-electron chi connectivity index (χ4n) is 2.08. The maximum absolute atomic E-state index is 12.6. The summed E-state index contributed by atoms with van der Waals surface area (Å²) in [6.07, 6.45) is 1.60. The SMILES string of the molecule is COC(=O)Cn1c(=O)c(C(C)(C)C)cc2cccnc21. The maximum atomic E-state index is 12.6. The molecule has 0 N–H and O–H groups in total. The van der Waals surface area contributed by atoms with Crippen LogP contribution in [0, 0.1) is 0 Å². The minimum Gasteiger partial charge on any atom is -0.468 e. The Hall–Kier alpha value is -2.17. The van der Waals surface area contributed by atoms with Crippen LogP contribution in [0.25, 0.3) is 11.0 Å². The van der Waals surface area contributed by atoms with Crippen molar-refractivity contribution in [1.29, 1.82) is 0 Å². The van der Waals surface area contributed by atoms with E-state index in [0.717, 1.165) is 5.39 Å². The van der Waals surface area contributed by atoms with Gasteiger partial charge in [-0.2, -0.15) is 0 Å². The maximum Gasteiger partial charge on any atom is 0.325 e. The Morgan fingerprint density at radius 1 is 1.40 bits per heavy atom. The molecule has 20 heavy (non-hydrogen) atoms. The third kappa shape index (κ3) is 2.57. The van der Waals surface area contributed by atoms with E-state index in [1.165, 1.54) is 11.7 Å². The van der Waals surface area contributed by atoms with E-state index in [9.17, 15) is 9.59 Å². The topological polar surface area (TPSA) is 61.2 Å². The fourth-order valence-corrected chi connectivity index (χ4v) is 2.08. The number of nitrogens with zero attached hydrogens (tertiary/aromatic N) is 2. The normalized spacial score (nSPS) is 11.6. The molecule has 0 aromatic carbocycles. The molecule has 2 aromatic heterocycles. The zero-order chi connectivity index (χ0) is 14.9. The van der Waals surface area contributed by atoms with Crippen molar-refractivity contribution in [3.05, 3.63) is 40.3 Å². The Morgan fingerprint density at radius 3 is 2.70 bits per heavy atom. The van der Waals surface area contributed by atoms with Crippen molar-refractivity contribution in [2.24, 2.45) is 0 Å².